The molecule has 1 aromatic heterocycles. The molecule has 1 amide bonds. The monoisotopic (exact) mass is 383 g/mol. The van der Waals surface area contributed by atoms with Gasteiger partial charge in [0, 0.05) is 12.7 Å². The molecule has 0 fully saturated rings. The van der Waals surface area contributed by atoms with E-state index in [-0.39, 0.29) is 11.4 Å². The molecule has 0 spiro atoms. The number of carbonyl (C=O) groups is 1. The van der Waals surface area contributed by atoms with E-state index in [1.54, 1.807) is 0 Å². The van der Waals surface area contributed by atoms with Gasteiger partial charge in [0.1, 0.15) is 10.8 Å². The fraction of sp³-hybridized carbons (Fsp3) is 0.286. The van der Waals surface area contributed by atoms with Crippen LogP contribution in [0.4, 0.5) is 27.6 Å². The van der Waals surface area contributed by atoms with Crippen LogP contribution in [0.5, 0.6) is 5.75 Å². The maximum Gasteiger partial charge on any atom is 0.434 e. The molecule has 11 heteroatoms. The minimum Gasteiger partial charge on any atom is -0.435 e. The molecule has 25 heavy (non-hydrogen) atoms. The number of aryl methyl sites for hydroxylation is 2. The molecule has 0 aliphatic heterocycles. The smallest absolute Gasteiger partial charge is 0.434 e. The highest BCUT2D eigenvalue weighted by Crippen LogP contribution is 2.36. The zero-order valence-electron chi connectivity index (χ0n) is 12.8. The summed E-state index contributed by atoms with van der Waals surface area (Å²) >= 11 is 5.63. The summed E-state index contributed by atoms with van der Waals surface area (Å²) in [4.78, 5) is 12.2. The van der Waals surface area contributed by atoms with E-state index in [2.05, 4.69) is 15.2 Å². The quantitative estimate of drug-likeness (QED) is 0.803. The molecule has 0 aliphatic carbocycles. The van der Waals surface area contributed by atoms with Crippen molar-refractivity contribution in [3.8, 4) is 5.75 Å². The van der Waals surface area contributed by atoms with Crippen molar-refractivity contribution < 1.29 is 31.5 Å². The number of benzene rings is 1. The lowest BCUT2D eigenvalue weighted by atomic mass is 10.2. The van der Waals surface area contributed by atoms with E-state index in [9.17, 15) is 26.7 Å². The van der Waals surface area contributed by atoms with Crippen LogP contribution >= 0.6 is 11.6 Å². The fourth-order valence-corrected chi connectivity index (χ4v) is 2.44. The van der Waals surface area contributed by atoms with Gasteiger partial charge in [-0.15, -0.1) is 0 Å². The molecule has 0 saturated heterocycles. The normalized spacial score (nSPS) is 11.7. The average molecular weight is 384 g/mol. The van der Waals surface area contributed by atoms with Gasteiger partial charge in [0.15, 0.2) is 11.4 Å². The number of hydrogen-bond donors (Lipinski definition) is 1. The number of ether oxygens (including phenoxy) is 1. The summed E-state index contributed by atoms with van der Waals surface area (Å²) in [5.74, 6) is -1.09. The van der Waals surface area contributed by atoms with Crippen molar-refractivity contribution in [2.24, 2.45) is 7.05 Å². The van der Waals surface area contributed by atoms with Gasteiger partial charge in [0.05, 0.1) is 0 Å². The molecule has 0 unspecified atom stereocenters. The Morgan fingerprint density at radius 3 is 2.48 bits per heavy atom. The largest absolute Gasteiger partial charge is 0.435 e. The summed E-state index contributed by atoms with van der Waals surface area (Å²) in [5, 5.41) is 4.99. The first-order valence-corrected chi connectivity index (χ1v) is 7.05. The van der Waals surface area contributed by atoms with Gasteiger partial charge >= 0.3 is 12.8 Å². The van der Waals surface area contributed by atoms with Crippen LogP contribution in [0.2, 0.25) is 5.02 Å². The summed E-state index contributed by atoms with van der Waals surface area (Å²) in [6.45, 7) is -1.51. The topological polar surface area (TPSA) is 56.1 Å². The van der Waals surface area contributed by atoms with Gasteiger partial charge in [0.25, 0.3) is 5.91 Å². The van der Waals surface area contributed by atoms with Gasteiger partial charge < -0.3 is 10.1 Å². The third kappa shape index (κ3) is 4.19. The summed E-state index contributed by atoms with van der Waals surface area (Å²) in [5.41, 5.74) is -1.32. The fourth-order valence-electron chi connectivity index (χ4n) is 2.09. The lowest BCUT2D eigenvalue weighted by Gasteiger charge is -2.10. The third-order valence-corrected chi connectivity index (χ3v) is 3.50. The van der Waals surface area contributed by atoms with E-state index in [1.165, 1.54) is 25.1 Å². The Bertz CT molecular complexity index is 804. The highest BCUT2D eigenvalue weighted by molar-refractivity contribution is 6.34. The molecule has 0 aliphatic rings. The van der Waals surface area contributed by atoms with E-state index in [1.807, 2.05) is 0 Å². The van der Waals surface area contributed by atoms with E-state index in [0.717, 1.165) is 7.05 Å². The summed E-state index contributed by atoms with van der Waals surface area (Å²) in [6, 6.07) is 3.69. The molecule has 1 aromatic carbocycles. The number of nitrogens with one attached hydrogen (secondary N) is 1. The number of carbonyl (C=O) groups excluding carboxylic acids is 1. The van der Waals surface area contributed by atoms with Crippen LogP contribution in [0.1, 0.15) is 21.7 Å². The van der Waals surface area contributed by atoms with Crippen molar-refractivity contribution in [2.45, 2.75) is 19.7 Å². The van der Waals surface area contributed by atoms with Gasteiger partial charge in [-0.05, 0) is 30.7 Å². The van der Waals surface area contributed by atoms with Crippen molar-refractivity contribution >= 4 is 23.2 Å². The first kappa shape index (κ1) is 19.0. The Morgan fingerprint density at radius 1 is 1.36 bits per heavy atom. The van der Waals surface area contributed by atoms with Gasteiger partial charge in [-0.25, -0.2) is 0 Å². The number of alkyl halides is 5. The van der Waals surface area contributed by atoms with Crippen molar-refractivity contribution in [3.05, 3.63) is 40.2 Å². The predicted molar refractivity (Wildman–Crippen MR) is 79.0 cm³/mol. The molecule has 2 aromatic rings. The number of aromatic nitrogens is 2. The molecular weight excluding hydrogens is 373 g/mol. The highest BCUT2D eigenvalue weighted by Gasteiger charge is 2.40. The first-order valence-electron chi connectivity index (χ1n) is 6.67. The lowest BCUT2D eigenvalue weighted by molar-refractivity contribution is -0.143. The zero-order chi connectivity index (χ0) is 18.9. The predicted octanol–water partition coefficient (Wildman–Crippen LogP) is 4.25. The standard InChI is InChI=1S/C14H11ClF5N3O2/c1-6-5-7(25-13(16)17)3-4-8(6)21-12(24)10-9(15)11(14(18,19)20)23(2)22-10/h3-5,13H,1-2H3,(H,21,24). The van der Waals surface area contributed by atoms with Crippen molar-refractivity contribution in [1.82, 2.24) is 9.78 Å². The Morgan fingerprint density at radius 2 is 2.00 bits per heavy atom. The molecule has 0 bridgehead atoms. The molecule has 5 nitrogen and oxygen atoms in total. The number of anilines is 1. The number of amides is 1. The number of rotatable bonds is 4. The molecule has 1 N–H and O–H groups in total. The highest BCUT2D eigenvalue weighted by atomic mass is 35.5. The zero-order valence-corrected chi connectivity index (χ0v) is 13.5. The second kappa shape index (κ2) is 6.87. The molecule has 0 atom stereocenters. The molecule has 1 heterocycles. The number of nitrogens with zero attached hydrogens (tertiary/aromatic N) is 2. The van der Waals surface area contributed by atoms with Crippen LogP contribution in [-0.4, -0.2) is 22.3 Å². The average Bonchev–Trinajstić information content (AvgIpc) is 2.76. The van der Waals surface area contributed by atoms with Crippen LogP contribution < -0.4 is 10.1 Å². The Kier molecular flexibility index (Phi) is 5.21. The maximum atomic E-state index is 12.9. The summed E-state index contributed by atoms with van der Waals surface area (Å²) in [6.07, 6.45) is -4.78. The third-order valence-electron chi connectivity index (χ3n) is 3.14. The minimum atomic E-state index is -4.78. The van der Waals surface area contributed by atoms with Crippen LogP contribution in [0, 0.1) is 6.92 Å². The second-order valence-electron chi connectivity index (χ2n) is 4.94. The van der Waals surface area contributed by atoms with Gasteiger partial charge in [-0.1, -0.05) is 11.6 Å². The van der Waals surface area contributed by atoms with E-state index in [0.29, 0.717) is 10.2 Å². The number of hydrogen-bond acceptors (Lipinski definition) is 3. The van der Waals surface area contributed by atoms with Crippen LogP contribution in [0.15, 0.2) is 18.2 Å². The molecule has 136 valence electrons. The molecule has 2 rings (SSSR count). The van der Waals surface area contributed by atoms with Gasteiger partial charge in [-0.2, -0.15) is 27.1 Å². The van der Waals surface area contributed by atoms with Crippen molar-refractivity contribution in [2.75, 3.05) is 5.32 Å². The Hall–Kier alpha value is -2.36. The Labute approximate surface area is 143 Å². The SMILES string of the molecule is Cc1cc(OC(F)F)ccc1NC(=O)c1nn(C)c(C(F)(F)F)c1Cl. The van der Waals surface area contributed by atoms with Crippen LogP contribution in [0.3, 0.4) is 0 Å². The first-order chi connectivity index (χ1) is 11.5. The molecule has 0 radical (unpaired) electrons. The maximum absolute atomic E-state index is 12.9. The van der Waals surface area contributed by atoms with E-state index >= 15 is 0 Å². The van der Waals surface area contributed by atoms with Gasteiger partial charge in [-0.3, -0.25) is 9.48 Å². The van der Waals surface area contributed by atoms with Crippen molar-refractivity contribution in [1.29, 1.82) is 0 Å². The lowest BCUT2D eigenvalue weighted by Crippen LogP contribution is -2.14. The van der Waals surface area contributed by atoms with Crippen LogP contribution in [0.25, 0.3) is 0 Å². The van der Waals surface area contributed by atoms with Crippen molar-refractivity contribution in [3.63, 3.8) is 0 Å². The molecular formula is C14H11ClF5N3O2. The van der Waals surface area contributed by atoms with E-state index < -0.39 is 35.1 Å². The van der Waals surface area contributed by atoms with Gasteiger partial charge in [0.2, 0.25) is 0 Å². The minimum absolute atomic E-state index is 0.124. The summed E-state index contributed by atoms with van der Waals surface area (Å²) in [7, 11) is 1.01. The number of halogens is 6. The summed E-state index contributed by atoms with van der Waals surface area (Å²) < 4.78 is 67.6. The Balaban J connectivity index is 2.26. The van der Waals surface area contributed by atoms with E-state index in [4.69, 9.17) is 11.6 Å². The molecule has 0 saturated carbocycles. The second-order valence-corrected chi connectivity index (χ2v) is 5.32. The van der Waals surface area contributed by atoms with Crippen LogP contribution in [-0.2, 0) is 13.2 Å².